The van der Waals surface area contributed by atoms with Crippen LogP contribution in [0.15, 0.2) is 6.20 Å². The summed E-state index contributed by atoms with van der Waals surface area (Å²) in [6.45, 7) is 3.88. The highest BCUT2D eigenvalue weighted by Crippen LogP contribution is 2.36. The van der Waals surface area contributed by atoms with Gasteiger partial charge >= 0.3 is 6.03 Å². The SMILES string of the molecule is CC1CN(C(=O)NCc2cnc(N(C)C)n2C)CC(C2CC2)O1. The van der Waals surface area contributed by atoms with E-state index in [0.29, 0.717) is 25.6 Å². The van der Waals surface area contributed by atoms with E-state index in [-0.39, 0.29) is 18.2 Å². The number of nitrogens with one attached hydrogen (secondary N) is 1. The van der Waals surface area contributed by atoms with Crippen LogP contribution in [-0.2, 0) is 18.3 Å². The maximum absolute atomic E-state index is 12.5. The Labute approximate surface area is 137 Å². The topological polar surface area (TPSA) is 62.6 Å². The van der Waals surface area contributed by atoms with Gasteiger partial charge < -0.3 is 24.4 Å². The Hall–Kier alpha value is -1.76. The Balaban J connectivity index is 1.56. The normalized spacial score (nSPS) is 24.6. The number of urea groups is 1. The highest BCUT2D eigenvalue weighted by atomic mass is 16.5. The standard InChI is InChI=1S/C16H27N5O2/c1-11-9-21(10-14(23-11)12-5-6-12)16(22)18-8-13-7-17-15(19(2)3)20(13)4/h7,11-12,14H,5-6,8-10H2,1-4H3,(H,18,22). The van der Waals surface area contributed by atoms with Gasteiger partial charge in [0.05, 0.1) is 30.6 Å². The van der Waals surface area contributed by atoms with Gasteiger partial charge in [0.15, 0.2) is 0 Å². The fourth-order valence-electron chi connectivity index (χ4n) is 3.17. The van der Waals surface area contributed by atoms with Crippen molar-refractivity contribution < 1.29 is 9.53 Å². The summed E-state index contributed by atoms with van der Waals surface area (Å²) >= 11 is 0. The molecule has 0 bridgehead atoms. The average Bonchev–Trinajstić information content (AvgIpc) is 3.28. The second kappa shape index (κ2) is 6.39. The molecule has 1 saturated heterocycles. The first-order valence-corrected chi connectivity index (χ1v) is 8.32. The van der Waals surface area contributed by atoms with E-state index in [0.717, 1.165) is 11.6 Å². The van der Waals surface area contributed by atoms with Crippen molar-refractivity contribution in [1.29, 1.82) is 0 Å². The molecule has 2 amide bonds. The molecule has 7 heteroatoms. The summed E-state index contributed by atoms with van der Waals surface area (Å²) in [6, 6.07) is -0.0154. The van der Waals surface area contributed by atoms with Crippen LogP contribution in [0.25, 0.3) is 0 Å². The lowest BCUT2D eigenvalue weighted by molar-refractivity contribution is -0.0731. The zero-order valence-electron chi connectivity index (χ0n) is 14.5. The molecule has 1 aromatic heterocycles. The zero-order chi connectivity index (χ0) is 16.6. The van der Waals surface area contributed by atoms with Crippen LogP contribution in [-0.4, -0.2) is 59.9 Å². The van der Waals surface area contributed by atoms with Gasteiger partial charge in [-0.3, -0.25) is 0 Å². The lowest BCUT2D eigenvalue weighted by atomic mass is 10.1. The van der Waals surface area contributed by atoms with Gasteiger partial charge in [0, 0.05) is 34.2 Å². The molecule has 1 aromatic rings. The van der Waals surface area contributed by atoms with Crippen LogP contribution >= 0.6 is 0 Å². The predicted molar refractivity (Wildman–Crippen MR) is 88.4 cm³/mol. The number of anilines is 1. The van der Waals surface area contributed by atoms with E-state index >= 15 is 0 Å². The Morgan fingerprint density at radius 3 is 2.78 bits per heavy atom. The molecule has 2 atom stereocenters. The molecule has 2 unspecified atom stereocenters. The number of nitrogens with zero attached hydrogens (tertiary/aromatic N) is 4. The maximum Gasteiger partial charge on any atom is 0.317 e. The lowest BCUT2D eigenvalue weighted by Gasteiger charge is -2.37. The van der Waals surface area contributed by atoms with Crippen LogP contribution in [0.1, 0.15) is 25.5 Å². The lowest BCUT2D eigenvalue weighted by Crippen LogP contribution is -2.52. The van der Waals surface area contributed by atoms with Gasteiger partial charge in [-0.05, 0) is 25.7 Å². The Morgan fingerprint density at radius 1 is 1.43 bits per heavy atom. The van der Waals surface area contributed by atoms with Crippen molar-refractivity contribution in [3.8, 4) is 0 Å². The summed E-state index contributed by atoms with van der Waals surface area (Å²) in [6.07, 6.45) is 4.59. The minimum absolute atomic E-state index is 0.0154. The first-order valence-electron chi connectivity index (χ1n) is 8.32. The monoisotopic (exact) mass is 321 g/mol. The van der Waals surface area contributed by atoms with Gasteiger partial charge in [-0.1, -0.05) is 0 Å². The van der Waals surface area contributed by atoms with Gasteiger partial charge in [0.1, 0.15) is 0 Å². The molecule has 2 heterocycles. The molecule has 1 N–H and O–H groups in total. The highest BCUT2D eigenvalue weighted by Gasteiger charge is 2.38. The van der Waals surface area contributed by atoms with Crippen molar-refractivity contribution in [3.63, 3.8) is 0 Å². The molecule has 128 valence electrons. The molecule has 23 heavy (non-hydrogen) atoms. The smallest absolute Gasteiger partial charge is 0.317 e. The molecule has 0 aromatic carbocycles. The van der Waals surface area contributed by atoms with Crippen LogP contribution in [0, 0.1) is 5.92 Å². The number of rotatable bonds is 4. The quantitative estimate of drug-likeness (QED) is 0.905. The van der Waals surface area contributed by atoms with Crippen molar-refractivity contribution in [3.05, 3.63) is 11.9 Å². The Morgan fingerprint density at radius 2 is 2.17 bits per heavy atom. The van der Waals surface area contributed by atoms with Crippen LogP contribution in [0.3, 0.4) is 0 Å². The number of aromatic nitrogens is 2. The number of ether oxygens (including phenoxy) is 1. The molecule has 3 rings (SSSR count). The van der Waals surface area contributed by atoms with Crippen molar-refractivity contribution in [2.75, 3.05) is 32.1 Å². The first-order chi connectivity index (χ1) is 11.0. The van der Waals surface area contributed by atoms with E-state index < -0.39 is 0 Å². The second-order valence-electron chi connectivity index (χ2n) is 6.89. The van der Waals surface area contributed by atoms with E-state index in [1.165, 1.54) is 12.8 Å². The molecule has 1 saturated carbocycles. The third-order valence-corrected chi connectivity index (χ3v) is 4.60. The van der Waals surface area contributed by atoms with Gasteiger partial charge in [-0.15, -0.1) is 0 Å². The summed E-state index contributed by atoms with van der Waals surface area (Å²) in [5, 5.41) is 3.01. The maximum atomic E-state index is 12.5. The highest BCUT2D eigenvalue weighted by molar-refractivity contribution is 5.74. The summed E-state index contributed by atoms with van der Waals surface area (Å²) in [7, 11) is 5.87. The minimum Gasteiger partial charge on any atom is -0.371 e. The fourth-order valence-corrected chi connectivity index (χ4v) is 3.17. The summed E-state index contributed by atoms with van der Waals surface area (Å²) in [5.74, 6) is 1.52. The van der Waals surface area contributed by atoms with E-state index in [1.54, 1.807) is 0 Å². The molecule has 0 radical (unpaired) electrons. The van der Waals surface area contributed by atoms with E-state index in [2.05, 4.69) is 10.3 Å². The van der Waals surface area contributed by atoms with Crippen molar-refractivity contribution >= 4 is 12.0 Å². The fraction of sp³-hybridized carbons (Fsp3) is 0.750. The van der Waals surface area contributed by atoms with Gasteiger partial charge in [-0.2, -0.15) is 0 Å². The van der Waals surface area contributed by atoms with Crippen LogP contribution < -0.4 is 10.2 Å². The largest absolute Gasteiger partial charge is 0.371 e. The third-order valence-electron chi connectivity index (χ3n) is 4.60. The van der Waals surface area contributed by atoms with Crippen LogP contribution in [0.2, 0.25) is 0 Å². The second-order valence-corrected chi connectivity index (χ2v) is 6.89. The Bertz CT molecular complexity index is 567. The summed E-state index contributed by atoms with van der Waals surface area (Å²) < 4.78 is 7.96. The van der Waals surface area contributed by atoms with Crippen LogP contribution in [0.5, 0.6) is 0 Å². The van der Waals surface area contributed by atoms with Gasteiger partial charge in [0.2, 0.25) is 5.95 Å². The molecular formula is C16H27N5O2. The summed E-state index contributed by atoms with van der Waals surface area (Å²) in [4.78, 5) is 20.7. The number of imidazole rings is 1. The van der Waals surface area contributed by atoms with Crippen molar-refractivity contribution in [1.82, 2.24) is 19.8 Å². The van der Waals surface area contributed by atoms with Crippen LogP contribution in [0.4, 0.5) is 10.7 Å². The average molecular weight is 321 g/mol. The third kappa shape index (κ3) is 3.60. The number of amides is 2. The molecule has 2 aliphatic rings. The number of morpholine rings is 1. The number of carbonyl (C=O) groups excluding carboxylic acids is 1. The first kappa shape index (κ1) is 16.1. The Kier molecular flexibility index (Phi) is 4.48. The van der Waals surface area contributed by atoms with E-state index in [9.17, 15) is 4.79 Å². The number of hydrogen-bond acceptors (Lipinski definition) is 4. The molecular weight excluding hydrogens is 294 g/mol. The van der Waals surface area contributed by atoms with Gasteiger partial charge in [-0.25, -0.2) is 9.78 Å². The molecule has 1 aliphatic heterocycles. The molecule has 7 nitrogen and oxygen atoms in total. The van der Waals surface area contributed by atoms with Gasteiger partial charge in [0.25, 0.3) is 0 Å². The molecule has 1 aliphatic carbocycles. The summed E-state index contributed by atoms with van der Waals surface area (Å²) in [5.41, 5.74) is 0.988. The van der Waals surface area contributed by atoms with Crippen molar-refractivity contribution in [2.45, 2.75) is 38.5 Å². The minimum atomic E-state index is -0.0154. The predicted octanol–water partition coefficient (Wildman–Crippen LogP) is 1.20. The zero-order valence-corrected chi connectivity index (χ0v) is 14.5. The van der Waals surface area contributed by atoms with E-state index in [1.807, 2.05) is 48.6 Å². The number of carbonyl (C=O) groups is 1. The number of hydrogen-bond donors (Lipinski definition) is 1. The molecule has 0 spiro atoms. The van der Waals surface area contributed by atoms with Crippen molar-refractivity contribution in [2.24, 2.45) is 13.0 Å². The molecule has 2 fully saturated rings. The van der Waals surface area contributed by atoms with E-state index in [4.69, 9.17) is 4.74 Å².